The van der Waals surface area contributed by atoms with Gasteiger partial charge >= 0.3 is 0 Å². The molecule has 0 aromatic rings. The Kier molecular flexibility index (Phi) is 9.99. The van der Waals surface area contributed by atoms with Gasteiger partial charge in [0.25, 0.3) is 0 Å². The molecule has 0 radical (unpaired) electrons. The molecule has 0 bridgehead atoms. The molecule has 6 nitrogen and oxygen atoms in total. The van der Waals surface area contributed by atoms with Crippen LogP contribution in [0.4, 0.5) is 0 Å². The third-order valence-electron chi connectivity index (χ3n) is 3.35. The quantitative estimate of drug-likeness (QED) is 0.268. The molecule has 0 aromatic heterocycles. The van der Waals surface area contributed by atoms with Crippen molar-refractivity contribution in [2.75, 3.05) is 33.2 Å². The lowest BCUT2D eigenvalue weighted by molar-refractivity contribution is -0.132. The van der Waals surface area contributed by atoms with Gasteiger partial charge in [-0.2, -0.15) is 0 Å². The van der Waals surface area contributed by atoms with Gasteiger partial charge in [-0.25, -0.2) is 0 Å². The second-order valence-electron chi connectivity index (χ2n) is 6.59. The van der Waals surface area contributed by atoms with Crippen molar-refractivity contribution in [3.05, 3.63) is 0 Å². The molecule has 1 amide bonds. The van der Waals surface area contributed by atoms with Gasteiger partial charge in [-0.05, 0) is 34.1 Å². The van der Waals surface area contributed by atoms with Crippen LogP contribution in [0.3, 0.4) is 0 Å². The number of likely N-dealkylation sites (N-methyl/N-ethyl adjacent to an activating group) is 1. The summed E-state index contributed by atoms with van der Waals surface area (Å²) in [7, 11) is 1.85. The molecule has 130 valence electrons. The van der Waals surface area contributed by atoms with Crippen molar-refractivity contribution in [3.63, 3.8) is 0 Å². The Balaban J connectivity index is 0.00000441. The summed E-state index contributed by atoms with van der Waals surface area (Å²) in [5, 5.41) is 10.1. The summed E-state index contributed by atoms with van der Waals surface area (Å²) in [6, 6.07) is 0.279. The van der Waals surface area contributed by atoms with Crippen molar-refractivity contribution in [2.24, 2.45) is 4.99 Å². The van der Waals surface area contributed by atoms with Gasteiger partial charge in [0.2, 0.25) is 5.91 Å². The van der Waals surface area contributed by atoms with E-state index in [1.54, 1.807) is 4.90 Å². The fraction of sp³-hybridized carbons (Fsp3) is 0.867. The molecule has 22 heavy (non-hydrogen) atoms. The molecule has 1 rings (SSSR count). The van der Waals surface area contributed by atoms with Gasteiger partial charge in [0, 0.05) is 44.7 Å². The molecule has 0 saturated carbocycles. The van der Waals surface area contributed by atoms with E-state index in [1.165, 1.54) is 0 Å². The minimum atomic E-state index is 0. The Morgan fingerprint density at radius 1 is 1.41 bits per heavy atom. The first-order valence-electron chi connectivity index (χ1n) is 7.85. The first-order valence-corrected chi connectivity index (χ1v) is 7.85. The maximum absolute atomic E-state index is 11.5. The summed E-state index contributed by atoms with van der Waals surface area (Å²) < 4.78 is 0. The van der Waals surface area contributed by atoms with Gasteiger partial charge in [0.05, 0.1) is 6.54 Å². The van der Waals surface area contributed by atoms with E-state index in [-0.39, 0.29) is 41.5 Å². The number of nitrogens with zero attached hydrogens (tertiary/aromatic N) is 2. The topological polar surface area (TPSA) is 68.8 Å². The van der Waals surface area contributed by atoms with E-state index in [0.29, 0.717) is 6.42 Å². The number of guanidine groups is 1. The number of rotatable bonds is 5. The van der Waals surface area contributed by atoms with Crippen LogP contribution in [0, 0.1) is 0 Å². The molecule has 0 aliphatic carbocycles. The van der Waals surface area contributed by atoms with E-state index in [2.05, 4.69) is 48.6 Å². The van der Waals surface area contributed by atoms with Crippen LogP contribution in [0.2, 0.25) is 0 Å². The predicted molar refractivity (Wildman–Crippen MR) is 103 cm³/mol. The third-order valence-corrected chi connectivity index (χ3v) is 3.35. The van der Waals surface area contributed by atoms with Gasteiger partial charge in [-0.3, -0.25) is 9.79 Å². The predicted octanol–water partition coefficient (Wildman–Crippen LogP) is 1.17. The molecule has 1 fully saturated rings. The molecule has 0 aromatic carbocycles. The van der Waals surface area contributed by atoms with E-state index in [4.69, 9.17) is 0 Å². The number of carbonyl (C=O) groups is 1. The Morgan fingerprint density at radius 2 is 2.09 bits per heavy atom. The molecule has 3 N–H and O–H groups in total. The lowest BCUT2D eigenvalue weighted by Crippen LogP contribution is -2.51. The average molecular weight is 425 g/mol. The minimum Gasteiger partial charge on any atom is -0.357 e. The van der Waals surface area contributed by atoms with E-state index in [0.717, 1.165) is 38.6 Å². The highest BCUT2D eigenvalue weighted by atomic mass is 127. The van der Waals surface area contributed by atoms with Gasteiger partial charge in [-0.15, -0.1) is 24.0 Å². The van der Waals surface area contributed by atoms with Crippen LogP contribution in [-0.2, 0) is 4.79 Å². The standard InChI is InChI=1S/C15H31N5O.HI/c1-6-16-14(17-9-10-18-15(2,3)4)19-12-7-8-13(21)20(5)11-12;/h12,18H,6-11H2,1-5H3,(H2,16,17,19);1H. The summed E-state index contributed by atoms with van der Waals surface area (Å²) in [4.78, 5) is 17.9. The van der Waals surface area contributed by atoms with Crippen LogP contribution in [0.1, 0.15) is 40.5 Å². The van der Waals surface area contributed by atoms with Gasteiger partial charge in [0.15, 0.2) is 5.96 Å². The molecule has 7 heteroatoms. The van der Waals surface area contributed by atoms with Crippen molar-refractivity contribution in [3.8, 4) is 0 Å². The molecule has 1 heterocycles. The smallest absolute Gasteiger partial charge is 0.222 e. The zero-order valence-corrected chi connectivity index (χ0v) is 16.9. The lowest BCUT2D eigenvalue weighted by Gasteiger charge is -2.31. The van der Waals surface area contributed by atoms with Crippen molar-refractivity contribution >= 4 is 35.8 Å². The van der Waals surface area contributed by atoms with Crippen LogP contribution in [0.15, 0.2) is 4.99 Å². The number of amides is 1. The van der Waals surface area contributed by atoms with E-state index in [9.17, 15) is 4.79 Å². The molecule has 1 aliphatic rings. The van der Waals surface area contributed by atoms with E-state index in [1.807, 2.05) is 7.05 Å². The van der Waals surface area contributed by atoms with Gasteiger partial charge in [-0.1, -0.05) is 0 Å². The summed E-state index contributed by atoms with van der Waals surface area (Å²) in [6.45, 7) is 11.7. The van der Waals surface area contributed by atoms with Crippen LogP contribution >= 0.6 is 24.0 Å². The van der Waals surface area contributed by atoms with Crippen molar-refractivity contribution in [1.29, 1.82) is 0 Å². The second kappa shape index (κ2) is 10.3. The number of piperidine rings is 1. The highest BCUT2D eigenvalue weighted by molar-refractivity contribution is 14.0. The van der Waals surface area contributed by atoms with Gasteiger partial charge in [0.1, 0.15) is 0 Å². The second-order valence-corrected chi connectivity index (χ2v) is 6.59. The van der Waals surface area contributed by atoms with Gasteiger partial charge < -0.3 is 20.9 Å². The Hall–Kier alpha value is -0.570. The van der Waals surface area contributed by atoms with Crippen LogP contribution in [0.25, 0.3) is 0 Å². The highest BCUT2D eigenvalue weighted by Gasteiger charge is 2.23. The summed E-state index contributed by atoms with van der Waals surface area (Å²) in [5.74, 6) is 1.06. The first-order chi connectivity index (χ1) is 9.81. The lowest BCUT2D eigenvalue weighted by atomic mass is 10.1. The zero-order chi connectivity index (χ0) is 15.9. The molecule has 1 aliphatic heterocycles. The largest absolute Gasteiger partial charge is 0.357 e. The average Bonchev–Trinajstić information content (AvgIpc) is 2.38. The summed E-state index contributed by atoms with van der Waals surface area (Å²) in [5.41, 5.74) is 0.119. The number of halogens is 1. The fourth-order valence-electron chi connectivity index (χ4n) is 2.24. The molecule has 1 unspecified atom stereocenters. The number of hydrogen-bond donors (Lipinski definition) is 3. The van der Waals surface area contributed by atoms with Crippen molar-refractivity contribution < 1.29 is 4.79 Å². The first kappa shape index (κ1) is 21.4. The van der Waals surface area contributed by atoms with Crippen molar-refractivity contribution in [1.82, 2.24) is 20.9 Å². The van der Waals surface area contributed by atoms with Crippen LogP contribution in [0.5, 0.6) is 0 Å². The summed E-state index contributed by atoms with van der Waals surface area (Å²) >= 11 is 0. The Bertz CT molecular complexity index is 367. The monoisotopic (exact) mass is 425 g/mol. The molecule has 1 atom stereocenters. The third kappa shape index (κ3) is 8.77. The molecule has 1 saturated heterocycles. The maximum atomic E-state index is 11.5. The number of hydrogen-bond acceptors (Lipinski definition) is 3. The van der Waals surface area contributed by atoms with E-state index < -0.39 is 0 Å². The van der Waals surface area contributed by atoms with Crippen LogP contribution < -0.4 is 16.0 Å². The van der Waals surface area contributed by atoms with Crippen LogP contribution in [-0.4, -0.2) is 61.6 Å². The number of aliphatic imine (C=N–C) groups is 1. The number of carbonyl (C=O) groups excluding carboxylic acids is 1. The van der Waals surface area contributed by atoms with E-state index >= 15 is 0 Å². The minimum absolute atomic E-state index is 0. The summed E-state index contributed by atoms with van der Waals surface area (Å²) in [6.07, 6.45) is 1.48. The Morgan fingerprint density at radius 3 is 2.64 bits per heavy atom. The fourth-order valence-corrected chi connectivity index (χ4v) is 2.24. The number of likely N-dealkylation sites (tertiary alicyclic amines) is 1. The highest BCUT2D eigenvalue weighted by Crippen LogP contribution is 2.09. The molecule has 0 spiro atoms. The SMILES string of the molecule is CCNC(=NCCNC(C)(C)C)NC1CCC(=O)N(C)C1.I. The normalized spacial score (nSPS) is 19.7. The molecular formula is C15H32IN5O. The zero-order valence-electron chi connectivity index (χ0n) is 14.5. The molecular weight excluding hydrogens is 393 g/mol. The maximum Gasteiger partial charge on any atom is 0.222 e. The Labute approximate surface area is 151 Å². The number of nitrogens with one attached hydrogen (secondary N) is 3. The van der Waals surface area contributed by atoms with Crippen molar-refractivity contribution in [2.45, 2.75) is 52.1 Å².